The van der Waals surface area contributed by atoms with Crippen LogP contribution in [0.3, 0.4) is 0 Å². The number of thiazole rings is 1. The quantitative estimate of drug-likeness (QED) is 0.729. The van der Waals surface area contributed by atoms with Gasteiger partial charge in [0.25, 0.3) is 0 Å². The van der Waals surface area contributed by atoms with E-state index in [1.807, 2.05) is 24.3 Å². The molecule has 3 aliphatic rings. The lowest BCUT2D eigenvalue weighted by atomic mass is 9.84. The van der Waals surface area contributed by atoms with E-state index in [2.05, 4.69) is 20.6 Å². The lowest BCUT2D eigenvalue weighted by Crippen LogP contribution is -2.37. The molecule has 4 heterocycles. The molecule has 0 aliphatic carbocycles. The van der Waals surface area contributed by atoms with Crippen LogP contribution in [-0.4, -0.2) is 71.0 Å². The van der Waals surface area contributed by atoms with Gasteiger partial charge in [0.2, 0.25) is 11.8 Å². The summed E-state index contributed by atoms with van der Waals surface area (Å²) in [5, 5.41) is 5.11. The largest absolute Gasteiger partial charge is 0.376 e. The number of nitrogens with zero attached hydrogens (tertiary/aromatic N) is 3. The Kier molecular flexibility index (Phi) is 6.51. The molecule has 160 valence electrons. The summed E-state index contributed by atoms with van der Waals surface area (Å²) in [6.07, 6.45) is 3.04. The summed E-state index contributed by atoms with van der Waals surface area (Å²) in [4.78, 5) is 34.1. The van der Waals surface area contributed by atoms with Crippen LogP contribution in [0.4, 0.5) is 0 Å². The highest BCUT2D eigenvalue weighted by molar-refractivity contribution is 7.07. The SMILES string of the molecule is CC(C)NC(=O)C[C@@H]1CN(Cc2cscn2)[C@@H]2CO[C@@H](CC(=O)N3CCCC3)[C@H]12. The second kappa shape index (κ2) is 9.10. The van der Waals surface area contributed by atoms with Gasteiger partial charge in [-0.15, -0.1) is 11.3 Å². The van der Waals surface area contributed by atoms with Gasteiger partial charge in [0, 0.05) is 56.0 Å². The third kappa shape index (κ3) is 4.81. The number of rotatable bonds is 7. The Hall–Kier alpha value is -1.51. The number of ether oxygens (including phenoxy) is 1. The number of carbonyl (C=O) groups is 2. The van der Waals surface area contributed by atoms with Crippen molar-refractivity contribution in [2.45, 2.75) is 64.3 Å². The predicted octanol–water partition coefficient (Wildman–Crippen LogP) is 1.89. The van der Waals surface area contributed by atoms with Crippen LogP contribution < -0.4 is 5.32 Å². The Morgan fingerprint density at radius 2 is 2.10 bits per heavy atom. The van der Waals surface area contributed by atoms with Crippen molar-refractivity contribution >= 4 is 23.2 Å². The average molecular weight is 421 g/mol. The molecule has 0 spiro atoms. The zero-order valence-corrected chi connectivity index (χ0v) is 18.2. The summed E-state index contributed by atoms with van der Waals surface area (Å²) in [5.74, 6) is 0.724. The first kappa shape index (κ1) is 20.8. The smallest absolute Gasteiger partial charge is 0.225 e. The molecule has 4 rings (SSSR count). The number of nitrogens with one attached hydrogen (secondary N) is 1. The van der Waals surface area contributed by atoms with E-state index in [0.717, 1.165) is 44.7 Å². The number of fused-ring (bicyclic) bond motifs is 1. The van der Waals surface area contributed by atoms with Gasteiger partial charge in [-0.05, 0) is 32.6 Å². The molecule has 4 atom stereocenters. The maximum absolute atomic E-state index is 12.7. The zero-order chi connectivity index (χ0) is 20.4. The molecule has 29 heavy (non-hydrogen) atoms. The summed E-state index contributed by atoms with van der Waals surface area (Å²) in [7, 11) is 0. The normalized spacial score (nSPS) is 29.6. The molecule has 0 saturated carbocycles. The molecular weight excluding hydrogens is 388 g/mol. The number of aromatic nitrogens is 1. The second-order valence-electron chi connectivity index (χ2n) is 8.90. The van der Waals surface area contributed by atoms with Crippen molar-refractivity contribution in [2.75, 3.05) is 26.2 Å². The van der Waals surface area contributed by atoms with Gasteiger partial charge < -0.3 is 15.0 Å². The molecule has 0 bridgehead atoms. The Morgan fingerprint density at radius 1 is 1.31 bits per heavy atom. The van der Waals surface area contributed by atoms with Gasteiger partial charge in [0.1, 0.15) is 0 Å². The second-order valence-corrected chi connectivity index (χ2v) is 9.62. The Balaban J connectivity index is 1.46. The van der Waals surface area contributed by atoms with Crippen LogP contribution in [0.1, 0.15) is 45.2 Å². The topological polar surface area (TPSA) is 74.8 Å². The third-order valence-corrected chi connectivity index (χ3v) is 7.05. The maximum atomic E-state index is 12.7. The van der Waals surface area contributed by atoms with E-state index in [1.165, 1.54) is 0 Å². The molecule has 1 aromatic rings. The van der Waals surface area contributed by atoms with Gasteiger partial charge in [-0.1, -0.05) is 0 Å². The van der Waals surface area contributed by atoms with Gasteiger partial charge in [-0.3, -0.25) is 14.5 Å². The molecule has 7 nitrogen and oxygen atoms in total. The van der Waals surface area contributed by atoms with E-state index in [1.54, 1.807) is 11.3 Å². The van der Waals surface area contributed by atoms with Crippen LogP contribution in [0, 0.1) is 11.8 Å². The van der Waals surface area contributed by atoms with Crippen molar-refractivity contribution in [3.8, 4) is 0 Å². The lowest BCUT2D eigenvalue weighted by Gasteiger charge is -2.25. The van der Waals surface area contributed by atoms with E-state index in [4.69, 9.17) is 4.74 Å². The molecule has 2 amide bonds. The molecular formula is C21H32N4O3S. The van der Waals surface area contributed by atoms with Crippen LogP contribution in [0.15, 0.2) is 10.9 Å². The predicted molar refractivity (Wildman–Crippen MR) is 111 cm³/mol. The van der Waals surface area contributed by atoms with Gasteiger partial charge in [-0.25, -0.2) is 4.98 Å². The van der Waals surface area contributed by atoms with Crippen molar-refractivity contribution in [3.63, 3.8) is 0 Å². The maximum Gasteiger partial charge on any atom is 0.225 e. The first-order valence-electron chi connectivity index (χ1n) is 10.8. The highest BCUT2D eigenvalue weighted by atomic mass is 32.1. The zero-order valence-electron chi connectivity index (χ0n) is 17.4. The minimum Gasteiger partial charge on any atom is -0.376 e. The summed E-state index contributed by atoms with van der Waals surface area (Å²) in [6, 6.07) is 0.392. The van der Waals surface area contributed by atoms with Crippen LogP contribution in [-0.2, 0) is 20.9 Å². The fourth-order valence-electron chi connectivity index (χ4n) is 5.20. The number of hydrogen-bond acceptors (Lipinski definition) is 6. The van der Waals surface area contributed by atoms with Crippen LogP contribution >= 0.6 is 11.3 Å². The van der Waals surface area contributed by atoms with Gasteiger partial charge in [0.15, 0.2) is 0 Å². The minimum atomic E-state index is -0.0922. The van der Waals surface area contributed by atoms with E-state index in [-0.39, 0.29) is 41.8 Å². The Bertz CT molecular complexity index is 705. The monoisotopic (exact) mass is 420 g/mol. The number of carbonyl (C=O) groups excluding carboxylic acids is 2. The summed E-state index contributed by atoms with van der Waals surface area (Å²) < 4.78 is 6.15. The highest BCUT2D eigenvalue weighted by Crippen LogP contribution is 2.42. The van der Waals surface area contributed by atoms with E-state index in [9.17, 15) is 9.59 Å². The van der Waals surface area contributed by atoms with Crippen molar-refractivity contribution in [3.05, 3.63) is 16.6 Å². The van der Waals surface area contributed by atoms with E-state index in [0.29, 0.717) is 19.4 Å². The lowest BCUT2D eigenvalue weighted by molar-refractivity contribution is -0.133. The van der Waals surface area contributed by atoms with Crippen molar-refractivity contribution in [1.82, 2.24) is 20.1 Å². The van der Waals surface area contributed by atoms with Crippen molar-refractivity contribution < 1.29 is 14.3 Å². The molecule has 0 radical (unpaired) electrons. The van der Waals surface area contributed by atoms with Crippen LogP contribution in [0.25, 0.3) is 0 Å². The first-order chi connectivity index (χ1) is 14.0. The number of hydrogen-bond donors (Lipinski definition) is 1. The molecule has 3 aliphatic heterocycles. The summed E-state index contributed by atoms with van der Waals surface area (Å²) in [6.45, 7) is 7.99. The first-order valence-corrected chi connectivity index (χ1v) is 11.8. The van der Waals surface area contributed by atoms with E-state index < -0.39 is 0 Å². The fraction of sp³-hybridized carbons (Fsp3) is 0.762. The van der Waals surface area contributed by atoms with Crippen molar-refractivity contribution in [2.24, 2.45) is 11.8 Å². The Morgan fingerprint density at radius 3 is 2.79 bits per heavy atom. The molecule has 1 N–H and O–H groups in total. The molecule has 8 heteroatoms. The third-order valence-electron chi connectivity index (χ3n) is 6.42. The molecule has 0 unspecified atom stereocenters. The number of amides is 2. The highest BCUT2D eigenvalue weighted by Gasteiger charge is 2.51. The van der Waals surface area contributed by atoms with Crippen LogP contribution in [0.5, 0.6) is 0 Å². The molecule has 3 saturated heterocycles. The Labute approximate surface area is 176 Å². The van der Waals surface area contributed by atoms with Gasteiger partial charge in [-0.2, -0.15) is 0 Å². The molecule has 3 fully saturated rings. The van der Waals surface area contributed by atoms with Gasteiger partial charge in [0.05, 0.1) is 30.3 Å². The van der Waals surface area contributed by atoms with E-state index >= 15 is 0 Å². The fourth-order valence-corrected chi connectivity index (χ4v) is 5.75. The average Bonchev–Trinajstić information content (AvgIpc) is 3.43. The number of likely N-dealkylation sites (tertiary alicyclic amines) is 2. The van der Waals surface area contributed by atoms with Crippen LogP contribution in [0.2, 0.25) is 0 Å². The summed E-state index contributed by atoms with van der Waals surface area (Å²) >= 11 is 1.61. The standard InChI is InChI=1S/C21H32N4O3S/c1-14(2)23-19(26)7-15-9-25(10-16-12-29-13-22-16)17-11-28-18(21(15)17)8-20(27)24-5-3-4-6-24/h12-15,17-18,21H,3-11H2,1-2H3,(H,23,26)/t15-,17-,18+,21-/m1/s1. The van der Waals surface area contributed by atoms with Gasteiger partial charge >= 0.3 is 0 Å². The molecule has 0 aromatic carbocycles. The molecule has 1 aromatic heterocycles. The minimum absolute atomic E-state index is 0.0922. The summed E-state index contributed by atoms with van der Waals surface area (Å²) in [5.41, 5.74) is 2.93. The van der Waals surface area contributed by atoms with Crippen molar-refractivity contribution in [1.29, 1.82) is 0 Å².